The Morgan fingerprint density at radius 1 is 0.167 bits per heavy atom. The van der Waals surface area contributed by atoms with Gasteiger partial charge >= 0.3 is 0 Å². The molecule has 0 bridgehead atoms. The van der Waals surface area contributed by atoms with E-state index in [0.29, 0.717) is 0 Å². The van der Waals surface area contributed by atoms with Gasteiger partial charge < -0.3 is 0 Å². The van der Waals surface area contributed by atoms with Gasteiger partial charge in [0.2, 0.25) is 0 Å². The molecule has 15 aromatic carbocycles. The smallest absolute Gasteiger partial charge is 0.0000480 e. The maximum absolute atomic E-state index is 2.60. The van der Waals surface area contributed by atoms with Crippen LogP contribution in [0.25, 0.3) is 151 Å². The molecule has 15 aromatic rings. The van der Waals surface area contributed by atoms with Crippen LogP contribution in [0.3, 0.4) is 0 Å². The number of hydrogen-bond donors (Lipinski definition) is 0. The first-order valence-electron chi connectivity index (χ1n) is 17.1. The lowest BCUT2D eigenvalue weighted by atomic mass is 9.85. The molecule has 0 heterocycles. The Hall–Kier alpha value is -6.24. The molecule has 0 spiro atoms. The molecule has 0 fully saturated rings. The van der Waals surface area contributed by atoms with Crippen LogP contribution in [0.4, 0.5) is 0 Å². The van der Waals surface area contributed by atoms with Crippen LogP contribution in [0, 0.1) is 0 Å². The van der Waals surface area contributed by atoms with E-state index in [1.165, 1.54) is 151 Å². The molecule has 0 aromatic heterocycles. The number of hydrogen-bond acceptors (Lipinski definition) is 0. The number of rotatable bonds is 0. The second-order valence-electron chi connectivity index (χ2n) is 14.6. The van der Waals surface area contributed by atoms with Gasteiger partial charge in [-0.3, -0.25) is 0 Å². The minimum absolute atomic E-state index is 1.34. The van der Waals surface area contributed by atoms with Crippen LogP contribution in [0.2, 0.25) is 0 Å². The van der Waals surface area contributed by atoms with E-state index < -0.39 is 0 Å². The minimum Gasteiger partial charge on any atom is -0.0616 e. The first-order valence-corrected chi connectivity index (χ1v) is 17.1. The molecule has 0 atom stereocenters. The molecular weight excluding hydrogens is 577 g/mol. The quantitative estimate of drug-likeness (QED) is 0.121. The summed E-state index contributed by atoms with van der Waals surface area (Å²) in [6, 6.07) is 47.2. The van der Waals surface area contributed by atoms with Gasteiger partial charge in [0.15, 0.2) is 0 Å². The van der Waals surface area contributed by atoms with Crippen molar-refractivity contribution in [2.75, 3.05) is 0 Å². The molecular formula is C48H20. The fourth-order valence-corrected chi connectivity index (χ4v) is 11.3. The predicted octanol–water partition coefficient (Wildman–Crippen LogP) is 13.9. The molecule has 0 amide bonds. The van der Waals surface area contributed by atoms with Crippen LogP contribution < -0.4 is 0 Å². The molecule has 0 nitrogen and oxygen atoms in total. The fraction of sp³-hybridized carbons (Fsp3) is 0. The lowest BCUT2D eigenvalue weighted by molar-refractivity contribution is 1.85. The van der Waals surface area contributed by atoms with Gasteiger partial charge in [-0.25, -0.2) is 0 Å². The van der Waals surface area contributed by atoms with E-state index in [2.05, 4.69) is 121 Å². The van der Waals surface area contributed by atoms with Crippen molar-refractivity contribution in [2.45, 2.75) is 0 Å². The second kappa shape index (κ2) is 6.74. The molecule has 15 rings (SSSR count). The van der Waals surface area contributed by atoms with E-state index in [-0.39, 0.29) is 0 Å². The number of fused-ring (bicyclic) bond motifs is 9. The Kier molecular flexibility index (Phi) is 3.13. The van der Waals surface area contributed by atoms with E-state index in [1.807, 2.05) is 0 Å². The van der Waals surface area contributed by atoms with Crippen LogP contribution in [0.15, 0.2) is 121 Å². The molecule has 0 saturated carbocycles. The molecule has 0 heteroatoms. The standard InChI is InChI=1S/C48H20/c1-2-7-25-23(6-1)24-8-3-12-29-33-20-34-30-13-5-10-27-26-9-4-11-28-31-18-16-21-14-15-22-17-19-32-42-36(22)35(21)40(31)48(46(38(26)28)39(27)30)45(34)47(42)44(33)43(32)41(25)37(24)29/h1-20H. The van der Waals surface area contributed by atoms with Gasteiger partial charge in [0.1, 0.15) is 0 Å². The van der Waals surface area contributed by atoms with Gasteiger partial charge in [0.25, 0.3) is 0 Å². The van der Waals surface area contributed by atoms with E-state index in [1.54, 1.807) is 0 Å². The summed E-state index contributed by atoms with van der Waals surface area (Å²) in [4.78, 5) is 0. The summed E-state index contributed by atoms with van der Waals surface area (Å²) in [7, 11) is 0. The molecule has 0 saturated heterocycles. The van der Waals surface area contributed by atoms with Crippen molar-refractivity contribution in [3.8, 4) is 0 Å². The highest BCUT2D eigenvalue weighted by Gasteiger charge is 2.31. The van der Waals surface area contributed by atoms with Crippen molar-refractivity contribution < 1.29 is 0 Å². The van der Waals surface area contributed by atoms with E-state index in [4.69, 9.17) is 0 Å². The van der Waals surface area contributed by atoms with Gasteiger partial charge in [-0.2, -0.15) is 0 Å². The van der Waals surface area contributed by atoms with Gasteiger partial charge in [-0.05, 0) is 157 Å². The SMILES string of the molecule is c1ccc2c(c1)c1cccc3c4cc5c6cccc7c8cccc9c%10ccc%11ccc%12ccc%13c(c2c13)c4c1c%13c%12c%11c%10c(c51)c(c89)c76. The summed E-state index contributed by atoms with van der Waals surface area (Å²) in [5.74, 6) is 0. The molecule has 212 valence electrons. The summed E-state index contributed by atoms with van der Waals surface area (Å²) in [6.45, 7) is 0. The molecule has 0 aliphatic heterocycles. The average Bonchev–Trinajstić information content (AvgIpc) is 3.75. The Balaban J connectivity index is 1.47. The zero-order valence-electron chi connectivity index (χ0n) is 25.5. The summed E-state index contributed by atoms with van der Waals surface area (Å²) in [5.41, 5.74) is 0. The maximum Gasteiger partial charge on any atom is -0.0000480 e. The number of benzene rings is 11. The van der Waals surface area contributed by atoms with E-state index in [9.17, 15) is 0 Å². The zero-order valence-corrected chi connectivity index (χ0v) is 25.5. The lowest BCUT2D eigenvalue weighted by Gasteiger charge is -2.17. The first kappa shape index (κ1) is 22.3. The Morgan fingerprint density at radius 2 is 0.479 bits per heavy atom. The Bertz CT molecular complexity index is 3880. The fourth-order valence-electron chi connectivity index (χ4n) is 11.3. The molecule has 0 aliphatic rings. The molecule has 48 heavy (non-hydrogen) atoms. The van der Waals surface area contributed by atoms with Gasteiger partial charge in [0.05, 0.1) is 0 Å². The monoisotopic (exact) mass is 596 g/mol. The van der Waals surface area contributed by atoms with Gasteiger partial charge in [-0.15, -0.1) is 0 Å². The van der Waals surface area contributed by atoms with E-state index >= 15 is 0 Å². The van der Waals surface area contributed by atoms with Crippen molar-refractivity contribution in [1.82, 2.24) is 0 Å². The molecule has 0 radical (unpaired) electrons. The van der Waals surface area contributed by atoms with Crippen molar-refractivity contribution in [2.24, 2.45) is 0 Å². The Morgan fingerprint density at radius 3 is 1.12 bits per heavy atom. The second-order valence-corrected chi connectivity index (χ2v) is 14.6. The average molecular weight is 597 g/mol. The summed E-state index contributed by atoms with van der Waals surface area (Å²) in [6.07, 6.45) is 0. The van der Waals surface area contributed by atoms with Gasteiger partial charge in [-0.1, -0.05) is 115 Å². The van der Waals surface area contributed by atoms with E-state index in [0.717, 1.165) is 0 Å². The Labute approximate surface area is 271 Å². The lowest BCUT2D eigenvalue weighted by Crippen LogP contribution is -1.88. The van der Waals surface area contributed by atoms with Crippen molar-refractivity contribution in [1.29, 1.82) is 0 Å². The maximum atomic E-state index is 2.60. The highest BCUT2D eigenvalue weighted by atomic mass is 14.3. The summed E-state index contributed by atoms with van der Waals surface area (Å²) < 4.78 is 0. The largest absolute Gasteiger partial charge is 0.0616 e. The molecule has 0 N–H and O–H groups in total. The van der Waals surface area contributed by atoms with Crippen LogP contribution in [-0.4, -0.2) is 0 Å². The van der Waals surface area contributed by atoms with Crippen molar-refractivity contribution in [3.63, 3.8) is 0 Å². The normalized spacial score (nSPS) is 13.8. The van der Waals surface area contributed by atoms with Crippen LogP contribution >= 0.6 is 0 Å². The van der Waals surface area contributed by atoms with Crippen molar-refractivity contribution in [3.05, 3.63) is 121 Å². The topological polar surface area (TPSA) is 0 Å². The summed E-state index contributed by atoms with van der Waals surface area (Å²) >= 11 is 0. The summed E-state index contributed by atoms with van der Waals surface area (Å²) in [5, 5.41) is 39.5. The van der Waals surface area contributed by atoms with Gasteiger partial charge in [0, 0.05) is 0 Å². The minimum atomic E-state index is 1.34. The van der Waals surface area contributed by atoms with Crippen LogP contribution in [0.5, 0.6) is 0 Å². The zero-order chi connectivity index (χ0) is 30.3. The third kappa shape index (κ3) is 1.98. The predicted molar refractivity (Wildman–Crippen MR) is 210 cm³/mol. The first-order chi connectivity index (χ1) is 23.9. The highest BCUT2D eigenvalue weighted by Crippen LogP contribution is 2.60. The third-order valence-corrected chi connectivity index (χ3v) is 12.9. The molecule has 0 unspecified atom stereocenters. The highest BCUT2D eigenvalue weighted by molar-refractivity contribution is 6.60. The van der Waals surface area contributed by atoms with Crippen molar-refractivity contribution >= 4 is 151 Å². The van der Waals surface area contributed by atoms with Crippen LogP contribution in [0.1, 0.15) is 0 Å². The third-order valence-electron chi connectivity index (χ3n) is 12.9. The molecule has 0 aliphatic carbocycles. The van der Waals surface area contributed by atoms with Crippen LogP contribution in [-0.2, 0) is 0 Å².